The van der Waals surface area contributed by atoms with Gasteiger partial charge in [-0.1, -0.05) is 18.7 Å². The van der Waals surface area contributed by atoms with Crippen LogP contribution in [0.3, 0.4) is 0 Å². The third kappa shape index (κ3) is 6.60. The molecule has 0 aliphatic carbocycles. The van der Waals surface area contributed by atoms with Crippen molar-refractivity contribution in [3.63, 3.8) is 0 Å². The van der Waals surface area contributed by atoms with E-state index in [-0.39, 0.29) is 23.4 Å². The van der Waals surface area contributed by atoms with Crippen LogP contribution in [0.2, 0.25) is 0 Å². The van der Waals surface area contributed by atoms with Crippen molar-refractivity contribution in [1.82, 2.24) is 14.8 Å². The van der Waals surface area contributed by atoms with Crippen molar-refractivity contribution in [3.05, 3.63) is 101 Å². The van der Waals surface area contributed by atoms with Crippen LogP contribution in [0.5, 0.6) is 5.75 Å². The molecule has 38 heavy (non-hydrogen) atoms. The summed E-state index contributed by atoms with van der Waals surface area (Å²) in [5.74, 6) is -0.459. The minimum absolute atomic E-state index is 0.0902. The van der Waals surface area contributed by atoms with Crippen molar-refractivity contribution in [2.75, 3.05) is 38.0 Å². The lowest BCUT2D eigenvalue weighted by Crippen LogP contribution is -2.49. The van der Waals surface area contributed by atoms with Gasteiger partial charge in [-0.25, -0.2) is 13.8 Å². The van der Waals surface area contributed by atoms with E-state index < -0.39 is 11.9 Å². The number of pyridine rings is 1. The number of anilines is 1. The SMILES string of the molecule is C=CC(=O)N1CCN(CC(Oc2ccc(C(=O)Nc3ncc(F)cc3C)cc2)c2ccc(C)c(F)c2)CC1. The van der Waals surface area contributed by atoms with Crippen molar-refractivity contribution < 1.29 is 23.1 Å². The molecular formula is C29H30F2N4O3. The summed E-state index contributed by atoms with van der Waals surface area (Å²) in [6, 6.07) is 12.9. The van der Waals surface area contributed by atoms with Crippen molar-refractivity contribution >= 4 is 17.6 Å². The first kappa shape index (κ1) is 26.9. The van der Waals surface area contributed by atoms with E-state index in [1.54, 1.807) is 49.1 Å². The van der Waals surface area contributed by atoms with Crippen molar-refractivity contribution in [1.29, 1.82) is 0 Å². The van der Waals surface area contributed by atoms with E-state index in [1.165, 1.54) is 18.2 Å². The van der Waals surface area contributed by atoms with Crippen molar-refractivity contribution in [2.24, 2.45) is 0 Å². The minimum Gasteiger partial charge on any atom is -0.484 e. The molecule has 3 aromatic rings. The van der Waals surface area contributed by atoms with Gasteiger partial charge < -0.3 is 15.0 Å². The topological polar surface area (TPSA) is 74.8 Å². The van der Waals surface area contributed by atoms with Crippen LogP contribution >= 0.6 is 0 Å². The fraction of sp³-hybridized carbons (Fsp3) is 0.276. The number of hydrogen-bond donors (Lipinski definition) is 1. The summed E-state index contributed by atoms with van der Waals surface area (Å²) < 4.78 is 34.0. The van der Waals surface area contributed by atoms with Crippen LogP contribution < -0.4 is 10.1 Å². The Morgan fingerprint density at radius 1 is 1.05 bits per heavy atom. The van der Waals surface area contributed by atoms with Crippen LogP contribution in [0.15, 0.2) is 67.4 Å². The Morgan fingerprint density at radius 2 is 1.76 bits per heavy atom. The number of carbonyl (C=O) groups is 2. The zero-order chi connectivity index (χ0) is 27.2. The Morgan fingerprint density at radius 3 is 2.39 bits per heavy atom. The van der Waals surface area contributed by atoms with E-state index >= 15 is 0 Å². The fourth-order valence-electron chi connectivity index (χ4n) is 4.23. The highest BCUT2D eigenvalue weighted by Crippen LogP contribution is 2.26. The Labute approximate surface area is 220 Å². The molecule has 2 heterocycles. The summed E-state index contributed by atoms with van der Waals surface area (Å²) in [5, 5.41) is 2.68. The standard InChI is InChI=1S/C29H30F2N4O3/c1-4-27(36)35-13-11-34(12-14-35)18-26(22-6-5-19(2)25(31)16-22)38-24-9-7-21(8-10-24)29(37)33-28-20(3)15-23(30)17-32-28/h4-10,15-17,26H,1,11-14,18H2,2-3H3,(H,32,33,37). The van der Waals surface area contributed by atoms with Gasteiger partial charge in [-0.2, -0.15) is 0 Å². The molecule has 0 bridgehead atoms. The number of amides is 2. The average molecular weight is 521 g/mol. The molecule has 0 saturated carbocycles. The monoisotopic (exact) mass is 520 g/mol. The highest BCUT2D eigenvalue weighted by molar-refractivity contribution is 6.04. The van der Waals surface area contributed by atoms with Crippen LogP contribution in [0.4, 0.5) is 14.6 Å². The zero-order valence-corrected chi connectivity index (χ0v) is 21.4. The smallest absolute Gasteiger partial charge is 0.256 e. The Balaban J connectivity index is 1.46. The number of nitrogens with zero attached hydrogens (tertiary/aromatic N) is 3. The molecule has 1 N–H and O–H groups in total. The van der Waals surface area contributed by atoms with E-state index in [1.807, 2.05) is 6.07 Å². The molecule has 1 aliphatic rings. The van der Waals surface area contributed by atoms with Crippen LogP contribution in [0, 0.1) is 25.5 Å². The first-order valence-electron chi connectivity index (χ1n) is 12.3. The first-order chi connectivity index (χ1) is 18.2. The summed E-state index contributed by atoms with van der Waals surface area (Å²) >= 11 is 0. The quantitative estimate of drug-likeness (QED) is 0.437. The molecule has 2 amide bonds. The number of aromatic nitrogens is 1. The molecular weight excluding hydrogens is 490 g/mol. The largest absolute Gasteiger partial charge is 0.484 e. The molecule has 2 aromatic carbocycles. The number of hydrogen-bond acceptors (Lipinski definition) is 5. The molecule has 4 rings (SSSR count). The van der Waals surface area contributed by atoms with Crippen LogP contribution in [-0.4, -0.2) is 59.3 Å². The fourth-order valence-corrected chi connectivity index (χ4v) is 4.23. The van der Waals surface area contributed by atoms with Crippen LogP contribution in [-0.2, 0) is 4.79 Å². The Kier molecular flexibility index (Phi) is 8.48. The van der Waals surface area contributed by atoms with Gasteiger partial charge in [0, 0.05) is 38.3 Å². The number of aryl methyl sites for hydroxylation is 2. The molecule has 198 valence electrons. The zero-order valence-electron chi connectivity index (χ0n) is 21.4. The molecule has 1 aromatic heterocycles. The molecule has 0 spiro atoms. The first-order valence-corrected chi connectivity index (χ1v) is 12.3. The number of benzene rings is 2. The van der Waals surface area contributed by atoms with Gasteiger partial charge >= 0.3 is 0 Å². The maximum absolute atomic E-state index is 14.4. The third-order valence-corrected chi connectivity index (χ3v) is 6.52. The molecule has 7 nitrogen and oxygen atoms in total. The van der Waals surface area contributed by atoms with E-state index in [0.717, 1.165) is 6.20 Å². The van der Waals surface area contributed by atoms with Gasteiger partial charge in [-0.05, 0) is 73.0 Å². The van der Waals surface area contributed by atoms with Gasteiger partial charge in [0.2, 0.25) is 5.91 Å². The van der Waals surface area contributed by atoms with Crippen LogP contribution in [0.25, 0.3) is 0 Å². The van der Waals surface area contributed by atoms with Gasteiger partial charge in [0.05, 0.1) is 6.20 Å². The molecule has 9 heteroatoms. The predicted molar refractivity (Wildman–Crippen MR) is 141 cm³/mol. The van der Waals surface area contributed by atoms with E-state index in [2.05, 4.69) is 21.8 Å². The van der Waals surface area contributed by atoms with Crippen LogP contribution in [0.1, 0.15) is 33.2 Å². The summed E-state index contributed by atoms with van der Waals surface area (Å²) in [4.78, 5) is 32.4. The van der Waals surface area contributed by atoms with E-state index in [4.69, 9.17) is 4.74 Å². The third-order valence-electron chi connectivity index (χ3n) is 6.52. The van der Waals surface area contributed by atoms with Gasteiger partial charge in [0.15, 0.2) is 0 Å². The normalized spacial score (nSPS) is 14.6. The van der Waals surface area contributed by atoms with Gasteiger partial charge in [0.25, 0.3) is 5.91 Å². The second-order valence-electron chi connectivity index (χ2n) is 9.24. The van der Waals surface area contributed by atoms with E-state index in [9.17, 15) is 18.4 Å². The molecule has 1 saturated heterocycles. The van der Waals surface area contributed by atoms with Crippen molar-refractivity contribution in [2.45, 2.75) is 20.0 Å². The van der Waals surface area contributed by atoms with Gasteiger partial charge in [-0.15, -0.1) is 0 Å². The van der Waals surface area contributed by atoms with Gasteiger partial charge in [-0.3, -0.25) is 14.5 Å². The minimum atomic E-state index is -0.475. The second kappa shape index (κ2) is 12.0. The average Bonchev–Trinajstić information content (AvgIpc) is 2.91. The number of rotatable bonds is 8. The summed E-state index contributed by atoms with van der Waals surface area (Å²) in [5.41, 5.74) is 2.13. The highest BCUT2D eigenvalue weighted by Gasteiger charge is 2.24. The Hall–Kier alpha value is -4.11. The number of nitrogens with one attached hydrogen (secondary N) is 1. The highest BCUT2D eigenvalue weighted by atomic mass is 19.1. The number of halogens is 2. The summed E-state index contributed by atoms with van der Waals surface area (Å²) in [6.07, 6.45) is 1.89. The number of piperazine rings is 1. The lowest BCUT2D eigenvalue weighted by atomic mass is 10.1. The summed E-state index contributed by atoms with van der Waals surface area (Å²) in [6.45, 7) is 9.87. The molecule has 1 fully saturated rings. The number of carbonyl (C=O) groups excluding carboxylic acids is 2. The Bertz CT molecular complexity index is 1320. The van der Waals surface area contributed by atoms with E-state index in [0.29, 0.717) is 60.7 Å². The summed E-state index contributed by atoms with van der Waals surface area (Å²) in [7, 11) is 0. The lowest BCUT2D eigenvalue weighted by molar-refractivity contribution is -0.127. The molecule has 0 radical (unpaired) electrons. The predicted octanol–water partition coefficient (Wildman–Crippen LogP) is 4.68. The molecule has 1 atom stereocenters. The second-order valence-corrected chi connectivity index (χ2v) is 9.24. The van der Waals surface area contributed by atoms with Gasteiger partial charge in [0.1, 0.15) is 29.3 Å². The molecule has 1 unspecified atom stereocenters. The lowest BCUT2D eigenvalue weighted by Gasteiger charge is -2.36. The maximum atomic E-state index is 14.4. The maximum Gasteiger partial charge on any atom is 0.256 e. The number of ether oxygens (including phenoxy) is 1. The molecule has 1 aliphatic heterocycles. The van der Waals surface area contributed by atoms with Crippen molar-refractivity contribution in [3.8, 4) is 5.75 Å².